The third kappa shape index (κ3) is 2.19. The molecule has 0 bridgehead atoms. The predicted molar refractivity (Wildman–Crippen MR) is 80.0 cm³/mol. The Morgan fingerprint density at radius 1 is 0.842 bits per heavy atom. The van der Waals surface area contributed by atoms with Crippen LogP contribution in [0.5, 0.6) is 5.75 Å². The third-order valence-electron chi connectivity index (χ3n) is 3.14. The molecule has 1 aliphatic rings. The molecule has 0 saturated carbocycles. The fourth-order valence-electron chi connectivity index (χ4n) is 2.19. The van der Waals surface area contributed by atoms with Crippen LogP contribution in [-0.4, -0.2) is 0 Å². The zero-order chi connectivity index (χ0) is 13.6. The van der Waals surface area contributed by atoms with Gasteiger partial charge in [-0.1, -0.05) is 76.7 Å². The summed E-state index contributed by atoms with van der Waals surface area (Å²) in [4.78, 5) is 0. The Kier molecular flexibility index (Phi) is 3.57. The van der Waals surface area contributed by atoms with Crippen molar-refractivity contribution in [3.8, 4) is 5.75 Å². The van der Waals surface area contributed by atoms with Gasteiger partial charge >= 0.3 is 0 Å². The van der Waals surface area contributed by atoms with Gasteiger partial charge in [-0.2, -0.15) is 0 Å². The van der Waals surface area contributed by atoms with E-state index in [2.05, 4.69) is 0 Å². The third-order valence-corrected chi connectivity index (χ3v) is 4.96. The Morgan fingerprint density at radius 3 is 2.16 bits per heavy atom. The van der Waals surface area contributed by atoms with Crippen molar-refractivity contribution in [2.45, 2.75) is 12.5 Å². The van der Waals surface area contributed by atoms with E-state index in [0.29, 0.717) is 22.2 Å². The van der Waals surface area contributed by atoms with E-state index in [1.807, 2.05) is 30.3 Å². The van der Waals surface area contributed by atoms with Gasteiger partial charge in [0.2, 0.25) is 0 Å². The lowest BCUT2D eigenvalue weighted by molar-refractivity contribution is 0.239. The minimum absolute atomic E-state index is 0.110. The number of benzene rings is 2. The molecule has 1 nitrogen and oxygen atoms in total. The summed E-state index contributed by atoms with van der Waals surface area (Å²) in [5.41, 5.74) is 1.88. The lowest BCUT2D eigenvalue weighted by Gasteiger charge is -2.11. The van der Waals surface area contributed by atoms with E-state index in [1.165, 1.54) is 0 Å². The summed E-state index contributed by atoms with van der Waals surface area (Å²) in [6.45, 7) is 0. The molecule has 1 aliphatic heterocycles. The maximum absolute atomic E-state index is 6.21. The molecule has 0 amide bonds. The Morgan fingerprint density at radius 2 is 1.47 bits per heavy atom. The number of fused-ring (bicyclic) bond motifs is 1. The molecule has 0 aliphatic carbocycles. The Labute approximate surface area is 131 Å². The van der Waals surface area contributed by atoms with Crippen molar-refractivity contribution in [2.24, 2.45) is 0 Å². The minimum Gasteiger partial charge on any atom is -0.483 e. The monoisotopic (exact) mass is 332 g/mol. The summed E-state index contributed by atoms with van der Waals surface area (Å²) in [7, 11) is 0. The Bertz CT molecular complexity index is 603. The van der Waals surface area contributed by atoms with Crippen LogP contribution >= 0.6 is 46.4 Å². The second-order valence-electron chi connectivity index (χ2n) is 4.28. The molecule has 19 heavy (non-hydrogen) atoms. The predicted octanol–water partition coefficient (Wildman–Crippen LogP) is 5.98. The van der Waals surface area contributed by atoms with Crippen molar-refractivity contribution in [1.82, 2.24) is 0 Å². The zero-order valence-electron chi connectivity index (χ0n) is 9.59. The van der Waals surface area contributed by atoms with Crippen LogP contribution in [0.25, 0.3) is 0 Å². The molecule has 0 saturated heterocycles. The first-order chi connectivity index (χ1) is 9.09. The van der Waals surface area contributed by atoms with E-state index in [4.69, 9.17) is 51.1 Å². The van der Waals surface area contributed by atoms with Crippen LogP contribution < -0.4 is 4.74 Å². The number of halogens is 4. The van der Waals surface area contributed by atoms with E-state index in [1.54, 1.807) is 0 Å². The first-order valence-corrected chi connectivity index (χ1v) is 7.17. The van der Waals surface area contributed by atoms with Crippen LogP contribution in [0.15, 0.2) is 30.3 Å². The molecular formula is C14H8Cl4O. The van der Waals surface area contributed by atoms with Crippen LogP contribution in [0.4, 0.5) is 0 Å². The molecule has 2 aromatic rings. The largest absolute Gasteiger partial charge is 0.483 e. The highest BCUT2D eigenvalue weighted by atomic mass is 35.5. The maximum atomic E-state index is 6.21. The molecule has 0 fully saturated rings. The van der Waals surface area contributed by atoms with E-state index >= 15 is 0 Å². The summed E-state index contributed by atoms with van der Waals surface area (Å²) in [5, 5.41) is 1.26. The number of hydrogen-bond donors (Lipinski definition) is 0. The van der Waals surface area contributed by atoms with Crippen LogP contribution in [0.1, 0.15) is 17.2 Å². The molecule has 3 rings (SSSR count). The highest BCUT2D eigenvalue weighted by molar-refractivity contribution is 6.52. The second-order valence-corrected chi connectivity index (χ2v) is 5.80. The van der Waals surface area contributed by atoms with Gasteiger partial charge in [0.05, 0.1) is 15.1 Å². The molecule has 1 atom stereocenters. The average Bonchev–Trinajstić information content (AvgIpc) is 2.89. The van der Waals surface area contributed by atoms with Crippen LogP contribution in [-0.2, 0) is 6.42 Å². The molecule has 98 valence electrons. The summed E-state index contributed by atoms with van der Waals surface area (Å²) >= 11 is 24.5. The maximum Gasteiger partial charge on any atom is 0.145 e. The van der Waals surface area contributed by atoms with Gasteiger partial charge in [0.1, 0.15) is 16.9 Å². The van der Waals surface area contributed by atoms with Crippen molar-refractivity contribution in [1.29, 1.82) is 0 Å². The molecule has 0 unspecified atom stereocenters. The van der Waals surface area contributed by atoms with Gasteiger partial charge in [0.25, 0.3) is 0 Å². The summed E-state index contributed by atoms with van der Waals surface area (Å²) < 4.78 is 5.88. The van der Waals surface area contributed by atoms with Gasteiger partial charge in [0.15, 0.2) is 0 Å². The topological polar surface area (TPSA) is 9.23 Å². The zero-order valence-corrected chi connectivity index (χ0v) is 12.6. The van der Waals surface area contributed by atoms with Gasteiger partial charge in [-0.25, -0.2) is 0 Å². The van der Waals surface area contributed by atoms with E-state index in [0.717, 1.165) is 11.1 Å². The van der Waals surface area contributed by atoms with Gasteiger partial charge < -0.3 is 4.74 Å². The van der Waals surface area contributed by atoms with Gasteiger partial charge in [-0.15, -0.1) is 0 Å². The Balaban J connectivity index is 2.06. The first kappa shape index (κ1) is 13.4. The normalized spacial score (nSPS) is 17.2. The standard InChI is InChI=1S/C14H8Cl4O/c15-10-8-6-9(7-4-2-1-3-5-7)19-14(8)13(18)12(17)11(10)16/h1-5,9H,6H2/t9-/m0/s1. The number of ether oxygens (including phenoxy) is 1. The summed E-state index contributed by atoms with van der Waals surface area (Å²) in [5.74, 6) is 0.537. The highest BCUT2D eigenvalue weighted by Crippen LogP contribution is 2.51. The number of hydrogen-bond acceptors (Lipinski definition) is 1. The SMILES string of the molecule is Clc1c(Cl)c(Cl)c2c(c1Cl)C[C@@H](c1ccccc1)O2. The Hall–Kier alpha value is -0.600. The summed E-state index contributed by atoms with van der Waals surface area (Å²) in [6.07, 6.45) is 0.523. The quantitative estimate of drug-likeness (QED) is 0.461. The molecule has 1 heterocycles. The van der Waals surface area contributed by atoms with Crippen molar-refractivity contribution in [3.63, 3.8) is 0 Å². The van der Waals surface area contributed by atoms with E-state index in [-0.39, 0.29) is 16.1 Å². The lowest BCUT2D eigenvalue weighted by Crippen LogP contribution is -2.02. The van der Waals surface area contributed by atoms with Crippen LogP contribution in [0.3, 0.4) is 0 Å². The van der Waals surface area contributed by atoms with Gasteiger partial charge in [0, 0.05) is 12.0 Å². The molecular weight excluding hydrogens is 326 g/mol. The lowest BCUT2D eigenvalue weighted by atomic mass is 10.0. The van der Waals surface area contributed by atoms with Crippen LogP contribution in [0.2, 0.25) is 20.1 Å². The van der Waals surface area contributed by atoms with E-state index < -0.39 is 0 Å². The molecule has 0 spiro atoms. The minimum atomic E-state index is -0.110. The molecule has 0 aromatic heterocycles. The second kappa shape index (κ2) is 5.06. The highest BCUT2D eigenvalue weighted by Gasteiger charge is 2.31. The molecule has 0 N–H and O–H groups in total. The first-order valence-electron chi connectivity index (χ1n) is 5.66. The van der Waals surface area contributed by atoms with Crippen molar-refractivity contribution >= 4 is 46.4 Å². The van der Waals surface area contributed by atoms with E-state index in [9.17, 15) is 0 Å². The molecule has 5 heteroatoms. The van der Waals surface area contributed by atoms with Gasteiger partial charge in [-0.3, -0.25) is 0 Å². The van der Waals surface area contributed by atoms with Gasteiger partial charge in [-0.05, 0) is 5.56 Å². The van der Waals surface area contributed by atoms with Crippen molar-refractivity contribution in [3.05, 3.63) is 61.5 Å². The molecule has 2 aromatic carbocycles. The number of rotatable bonds is 1. The van der Waals surface area contributed by atoms with Crippen molar-refractivity contribution < 1.29 is 4.74 Å². The smallest absolute Gasteiger partial charge is 0.145 e. The molecule has 0 radical (unpaired) electrons. The van der Waals surface area contributed by atoms with Crippen LogP contribution in [0, 0.1) is 0 Å². The summed E-state index contributed by atoms with van der Waals surface area (Å²) in [6, 6.07) is 9.89. The average molecular weight is 334 g/mol. The van der Waals surface area contributed by atoms with Crippen molar-refractivity contribution in [2.75, 3.05) is 0 Å². The fourth-order valence-corrected chi connectivity index (χ4v) is 3.18. The fraction of sp³-hybridized carbons (Fsp3) is 0.143.